The van der Waals surface area contributed by atoms with Crippen LogP contribution in [0.4, 0.5) is 0 Å². The first-order chi connectivity index (χ1) is 6.00. The molecule has 3 N–H and O–H groups in total. The van der Waals surface area contributed by atoms with E-state index < -0.39 is 6.41 Å². The van der Waals surface area contributed by atoms with E-state index in [9.17, 15) is 0 Å². The summed E-state index contributed by atoms with van der Waals surface area (Å²) in [7, 11) is 1.69. The molecule has 7 heteroatoms. The fourth-order valence-electron chi connectivity index (χ4n) is 0.863. The average molecular weight is 252 g/mol. The van der Waals surface area contributed by atoms with Gasteiger partial charge in [-0.3, -0.25) is 4.68 Å². The Balaban J connectivity index is 2.68. The van der Waals surface area contributed by atoms with Crippen molar-refractivity contribution in [3.05, 3.63) is 16.4 Å². The summed E-state index contributed by atoms with van der Waals surface area (Å²) in [6.07, 6.45) is -1.88. The molecule has 74 valence electrons. The largest absolute Gasteiger partial charge is 0.354 e. The van der Waals surface area contributed by atoms with Crippen molar-refractivity contribution in [1.29, 1.82) is 0 Å². The highest BCUT2D eigenvalue weighted by Gasteiger charge is 2.12. The second-order valence-corrected chi connectivity index (χ2v) is 3.34. The minimum Gasteiger partial charge on any atom is -0.354 e. The Morgan fingerprint density at radius 3 is 2.69 bits per heavy atom. The molecule has 0 unspecified atom stereocenters. The SMILES string of the molecule is Cn1nc(Br)cc1CN(O)C(O)O. The Labute approximate surface area is 83.1 Å². The van der Waals surface area contributed by atoms with Crippen molar-refractivity contribution in [2.75, 3.05) is 0 Å². The average Bonchev–Trinajstić information content (AvgIpc) is 2.30. The van der Waals surface area contributed by atoms with Crippen LogP contribution < -0.4 is 0 Å². The van der Waals surface area contributed by atoms with Crippen LogP contribution >= 0.6 is 15.9 Å². The van der Waals surface area contributed by atoms with Gasteiger partial charge in [-0.25, -0.2) is 0 Å². The maximum absolute atomic E-state index is 8.99. The number of aromatic nitrogens is 2. The van der Waals surface area contributed by atoms with Gasteiger partial charge in [-0.15, -0.1) is 5.06 Å². The van der Waals surface area contributed by atoms with E-state index in [1.165, 1.54) is 4.68 Å². The molecule has 13 heavy (non-hydrogen) atoms. The Bertz CT molecular complexity index is 289. The molecule has 1 aromatic rings. The zero-order valence-electron chi connectivity index (χ0n) is 6.92. The van der Waals surface area contributed by atoms with Gasteiger partial charge in [0.1, 0.15) is 4.60 Å². The standard InChI is InChI=1S/C6H10BrN3O3/c1-9-4(2-5(7)8-9)3-10(13)6(11)12/h2,6,11-13H,3H2,1H3. The van der Waals surface area contributed by atoms with Crippen LogP contribution in [0.3, 0.4) is 0 Å². The van der Waals surface area contributed by atoms with Gasteiger partial charge in [0.05, 0.1) is 12.2 Å². The van der Waals surface area contributed by atoms with E-state index in [4.69, 9.17) is 15.4 Å². The summed E-state index contributed by atoms with van der Waals surface area (Å²) in [5, 5.41) is 30.5. The summed E-state index contributed by atoms with van der Waals surface area (Å²) in [6, 6.07) is 1.67. The first kappa shape index (κ1) is 10.6. The van der Waals surface area contributed by atoms with Crippen molar-refractivity contribution in [3.63, 3.8) is 0 Å². The second-order valence-electron chi connectivity index (χ2n) is 2.53. The van der Waals surface area contributed by atoms with E-state index in [2.05, 4.69) is 21.0 Å². The summed E-state index contributed by atoms with van der Waals surface area (Å²) in [5.74, 6) is 0. The van der Waals surface area contributed by atoms with E-state index in [0.717, 1.165) is 0 Å². The maximum Gasteiger partial charge on any atom is 0.236 e. The summed E-state index contributed by atoms with van der Waals surface area (Å²) < 4.78 is 2.15. The van der Waals surface area contributed by atoms with E-state index in [0.29, 0.717) is 15.4 Å². The molecule has 0 aliphatic carbocycles. The first-order valence-electron chi connectivity index (χ1n) is 3.51. The number of hydrogen-bond donors (Lipinski definition) is 3. The zero-order chi connectivity index (χ0) is 10.0. The van der Waals surface area contributed by atoms with Gasteiger partial charge in [0.25, 0.3) is 0 Å². The molecule has 0 aliphatic rings. The van der Waals surface area contributed by atoms with Gasteiger partial charge < -0.3 is 15.4 Å². The van der Waals surface area contributed by atoms with Gasteiger partial charge in [0.15, 0.2) is 0 Å². The van der Waals surface area contributed by atoms with Crippen LogP contribution in [0, 0.1) is 0 Å². The second kappa shape index (κ2) is 4.16. The molecular formula is C6H10BrN3O3. The normalized spacial score (nSPS) is 11.6. The Hall–Kier alpha value is -0.470. The van der Waals surface area contributed by atoms with Crippen molar-refractivity contribution in [1.82, 2.24) is 14.8 Å². The Kier molecular flexibility index (Phi) is 3.40. The van der Waals surface area contributed by atoms with Gasteiger partial charge in [-0.05, 0) is 22.0 Å². The van der Waals surface area contributed by atoms with Crippen LogP contribution in [0.1, 0.15) is 5.69 Å². The molecule has 1 rings (SSSR count). The quantitative estimate of drug-likeness (QED) is 0.505. The van der Waals surface area contributed by atoms with E-state index in [1.807, 2.05) is 0 Å². The molecule has 0 atom stereocenters. The highest BCUT2D eigenvalue weighted by molar-refractivity contribution is 9.10. The van der Waals surface area contributed by atoms with Crippen molar-refractivity contribution >= 4 is 15.9 Å². The number of aliphatic hydroxyl groups is 2. The van der Waals surface area contributed by atoms with Crippen LogP contribution in [-0.4, -0.2) is 36.7 Å². The molecule has 1 heterocycles. The molecule has 0 aliphatic heterocycles. The number of hydroxylamine groups is 2. The Morgan fingerprint density at radius 1 is 1.69 bits per heavy atom. The lowest BCUT2D eigenvalue weighted by molar-refractivity contribution is -0.286. The number of aliphatic hydroxyl groups excluding tert-OH is 1. The highest BCUT2D eigenvalue weighted by Crippen LogP contribution is 2.11. The molecular weight excluding hydrogens is 242 g/mol. The zero-order valence-corrected chi connectivity index (χ0v) is 8.51. The van der Waals surface area contributed by atoms with Crippen molar-refractivity contribution in [2.45, 2.75) is 13.0 Å². The number of halogens is 1. The van der Waals surface area contributed by atoms with Gasteiger partial charge in [-0.1, -0.05) is 0 Å². The highest BCUT2D eigenvalue weighted by atomic mass is 79.9. The third kappa shape index (κ3) is 2.75. The lowest BCUT2D eigenvalue weighted by Gasteiger charge is -2.15. The summed E-state index contributed by atoms with van der Waals surface area (Å²) in [4.78, 5) is 0. The molecule has 0 fully saturated rings. The third-order valence-electron chi connectivity index (χ3n) is 1.54. The number of aryl methyl sites for hydroxylation is 1. The lowest BCUT2D eigenvalue weighted by Crippen LogP contribution is -2.31. The molecule has 0 radical (unpaired) electrons. The van der Waals surface area contributed by atoms with Gasteiger partial charge >= 0.3 is 0 Å². The van der Waals surface area contributed by atoms with Gasteiger partial charge in [-0.2, -0.15) is 5.10 Å². The molecule has 1 aromatic heterocycles. The van der Waals surface area contributed by atoms with Gasteiger partial charge in [0.2, 0.25) is 6.41 Å². The third-order valence-corrected chi connectivity index (χ3v) is 1.92. The predicted molar refractivity (Wildman–Crippen MR) is 46.5 cm³/mol. The van der Waals surface area contributed by atoms with Crippen LogP contribution in [-0.2, 0) is 13.6 Å². The molecule has 0 saturated carbocycles. The number of rotatable bonds is 3. The molecule has 0 bridgehead atoms. The first-order valence-corrected chi connectivity index (χ1v) is 4.30. The fraction of sp³-hybridized carbons (Fsp3) is 0.500. The Morgan fingerprint density at radius 2 is 2.31 bits per heavy atom. The number of nitrogens with zero attached hydrogens (tertiary/aromatic N) is 3. The van der Waals surface area contributed by atoms with E-state index in [-0.39, 0.29) is 6.54 Å². The minimum atomic E-state index is -1.88. The van der Waals surface area contributed by atoms with Crippen LogP contribution in [0.15, 0.2) is 10.7 Å². The van der Waals surface area contributed by atoms with E-state index >= 15 is 0 Å². The summed E-state index contributed by atoms with van der Waals surface area (Å²) >= 11 is 3.15. The topological polar surface area (TPSA) is 81.8 Å². The molecule has 6 nitrogen and oxygen atoms in total. The molecule has 0 spiro atoms. The fourth-order valence-corrected chi connectivity index (χ4v) is 1.37. The maximum atomic E-state index is 8.99. The van der Waals surface area contributed by atoms with Crippen LogP contribution in [0.2, 0.25) is 0 Å². The summed E-state index contributed by atoms with van der Waals surface area (Å²) in [6.45, 7) is -0.00718. The number of hydrogen-bond acceptors (Lipinski definition) is 5. The van der Waals surface area contributed by atoms with Crippen LogP contribution in [0.25, 0.3) is 0 Å². The smallest absolute Gasteiger partial charge is 0.236 e. The minimum absolute atomic E-state index is 0.00718. The molecule has 0 amide bonds. The van der Waals surface area contributed by atoms with E-state index in [1.54, 1.807) is 13.1 Å². The molecule has 0 saturated heterocycles. The molecule has 0 aromatic carbocycles. The lowest BCUT2D eigenvalue weighted by atomic mass is 10.4. The van der Waals surface area contributed by atoms with Gasteiger partial charge in [0, 0.05) is 7.05 Å². The van der Waals surface area contributed by atoms with Crippen molar-refractivity contribution < 1.29 is 15.4 Å². The van der Waals surface area contributed by atoms with Crippen molar-refractivity contribution in [3.8, 4) is 0 Å². The van der Waals surface area contributed by atoms with Crippen LogP contribution in [0.5, 0.6) is 0 Å². The predicted octanol–water partition coefficient (Wildman–Crippen LogP) is -0.358. The summed E-state index contributed by atoms with van der Waals surface area (Å²) in [5.41, 5.74) is 0.655. The monoisotopic (exact) mass is 251 g/mol. The van der Waals surface area contributed by atoms with Crippen molar-refractivity contribution in [2.24, 2.45) is 7.05 Å².